The summed E-state index contributed by atoms with van der Waals surface area (Å²) in [6, 6.07) is 8.09. The van der Waals surface area contributed by atoms with E-state index >= 15 is 0 Å². The number of aliphatic imine (C=N–C) groups is 1. The van der Waals surface area contributed by atoms with E-state index in [9.17, 15) is 9.50 Å². The lowest BCUT2D eigenvalue weighted by Crippen LogP contribution is -2.39. The van der Waals surface area contributed by atoms with E-state index in [4.69, 9.17) is 11.6 Å². The number of hydrogen-bond acceptors (Lipinski definition) is 2. The molecule has 1 unspecified atom stereocenters. The Morgan fingerprint density at radius 1 is 1.44 bits per heavy atom. The highest BCUT2D eigenvalue weighted by molar-refractivity contribution is 6.30. The molecule has 2 N–H and O–H groups in total. The lowest BCUT2D eigenvalue weighted by atomic mass is 10.1. The second kappa shape index (κ2) is 8.87. The zero-order valence-electron chi connectivity index (χ0n) is 14.7. The molecule has 1 atom stereocenters. The Labute approximate surface area is 152 Å². The SMILES string of the molecule is CCNC(=NCC(O)c1ccccc1F)N(C)Cc1cc(Cl)cn1C. The van der Waals surface area contributed by atoms with Gasteiger partial charge in [0.25, 0.3) is 0 Å². The van der Waals surface area contributed by atoms with Crippen molar-refractivity contribution in [1.29, 1.82) is 0 Å². The summed E-state index contributed by atoms with van der Waals surface area (Å²) in [6.07, 6.45) is 0.851. The number of aryl methyl sites for hydroxylation is 1. The molecule has 0 saturated heterocycles. The number of halogens is 2. The van der Waals surface area contributed by atoms with E-state index in [2.05, 4.69) is 10.3 Å². The second-order valence-electron chi connectivity index (χ2n) is 5.85. The molecule has 7 heteroatoms. The number of benzene rings is 1. The van der Waals surface area contributed by atoms with Gasteiger partial charge in [0, 0.05) is 38.1 Å². The normalized spacial score (nSPS) is 13.0. The third-order valence-corrected chi connectivity index (χ3v) is 4.06. The predicted molar refractivity (Wildman–Crippen MR) is 99.2 cm³/mol. The van der Waals surface area contributed by atoms with Crippen LogP contribution in [0.1, 0.15) is 24.3 Å². The van der Waals surface area contributed by atoms with Gasteiger partial charge in [0.2, 0.25) is 0 Å². The van der Waals surface area contributed by atoms with E-state index in [0.29, 0.717) is 24.1 Å². The van der Waals surface area contributed by atoms with Gasteiger partial charge in [-0.2, -0.15) is 0 Å². The van der Waals surface area contributed by atoms with Crippen LogP contribution in [-0.2, 0) is 13.6 Å². The summed E-state index contributed by atoms with van der Waals surface area (Å²) in [4.78, 5) is 6.37. The van der Waals surface area contributed by atoms with Gasteiger partial charge in [0.05, 0.1) is 18.1 Å². The fourth-order valence-electron chi connectivity index (χ4n) is 2.53. The minimum Gasteiger partial charge on any atom is -0.386 e. The third kappa shape index (κ3) is 5.21. The highest BCUT2D eigenvalue weighted by atomic mass is 35.5. The van der Waals surface area contributed by atoms with E-state index < -0.39 is 11.9 Å². The highest BCUT2D eigenvalue weighted by Gasteiger charge is 2.14. The number of guanidine groups is 1. The van der Waals surface area contributed by atoms with Gasteiger partial charge in [-0.1, -0.05) is 29.8 Å². The molecule has 2 rings (SSSR count). The summed E-state index contributed by atoms with van der Waals surface area (Å²) in [5.41, 5.74) is 1.28. The average molecular weight is 367 g/mol. The van der Waals surface area contributed by atoms with Gasteiger partial charge in [-0.3, -0.25) is 4.99 Å². The van der Waals surface area contributed by atoms with E-state index in [1.54, 1.807) is 18.2 Å². The molecule has 0 saturated carbocycles. The Hall–Kier alpha value is -2.05. The molecule has 0 fully saturated rings. The van der Waals surface area contributed by atoms with Crippen LogP contribution in [0.15, 0.2) is 41.5 Å². The van der Waals surface area contributed by atoms with E-state index in [0.717, 1.165) is 5.69 Å². The molecule has 2 aromatic rings. The summed E-state index contributed by atoms with van der Waals surface area (Å²) in [6.45, 7) is 3.33. The lowest BCUT2D eigenvalue weighted by Gasteiger charge is -2.23. The van der Waals surface area contributed by atoms with Crippen LogP contribution >= 0.6 is 11.6 Å². The molecular formula is C18H24ClFN4O. The van der Waals surface area contributed by atoms with Crippen molar-refractivity contribution in [2.75, 3.05) is 20.1 Å². The van der Waals surface area contributed by atoms with E-state index in [1.807, 2.05) is 42.7 Å². The molecule has 0 radical (unpaired) electrons. The van der Waals surface area contributed by atoms with Crippen molar-refractivity contribution in [3.8, 4) is 0 Å². The Kier molecular flexibility index (Phi) is 6.84. The molecule has 136 valence electrons. The monoisotopic (exact) mass is 366 g/mol. The van der Waals surface area contributed by atoms with Crippen molar-refractivity contribution in [2.24, 2.45) is 12.0 Å². The van der Waals surface area contributed by atoms with Crippen molar-refractivity contribution in [2.45, 2.75) is 19.6 Å². The van der Waals surface area contributed by atoms with Crippen molar-refractivity contribution in [3.63, 3.8) is 0 Å². The van der Waals surface area contributed by atoms with Crippen LogP contribution in [-0.4, -0.2) is 40.7 Å². The number of nitrogens with zero attached hydrogens (tertiary/aromatic N) is 3. The second-order valence-corrected chi connectivity index (χ2v) is 6.28. The topological polar surface area (TPSA) is 52.8 Å². The van der Waals surface area contributed by atoms with Gasteiger partial charge >= 0.3 is 0 Å². The van der Waals surface area contributed by atoms with Gasteiger partial charge in [-0.15, -0.1) is 0 Å². The Morgan fingerprint density at radius 2 is 2.16 bits per heavy atom. The van der Waals surface area contributed by atoms with Gasteiger partial charge in [-0.25, -0.2) is 4.39 Å². The number of aliphatic hydroxyl groups excluding tert-OH is 1. The number of rotatable bonds is 6. The summed E-state index contributed by atoms with van der Waals surface area (Å²) < 4.78 is 15.7. The fourth-order valence-corrected chi connectivity index (χ4v) is 2.80. The first-order valence-corrected chi connectivity index (χ1v) is 8.52. The Morgan fingerprint density at radius 3 is 2.76 bits per heavy atom. The van der Waals surface area contributed by atoms with Crippen molar-refractivity contribution in [1.82, 2.24) is 14.8 Å². The molecule has 1 heterocycles. The maximum absolute atomic E-state index is 13.8. The molecule has 1 aromatic heterocycles. The summed E-state index contributed by atoms with van der Waals surface area (Å²) >= 11 is 6.02. The zero-order chi connectivity index (χ0) is 18.4. The van der Waals surface area contributed by atoms with Gasteiger partial charge in [-0.05, 0) is 19.1 Å². The average Bonchev–Trinajstić information content (AvgIpc) is 2.88. The minimum atomic E-state index is -0.993. The molecule has 0 aliphatic heterocycles. The Bertz CT molecular complexity index is 732. The molecular weight excluding hydrogens is 343 g/mol. The third-order valence-electron chi connectivity index (χ3n) is 3.85. The minimum absolute atomic E-state index is 0.0709. The number of hydrogen-bond donors (Lipinski definition) is 2. The van der Waals surface area contributed by atoms with E-state index in [-0.39, 0.29) is 12.1 Å². The number of aliphatic hydroxyl groups is 1. The van der Waals surface area contributed by atoms with Gasteiger partial charge in [0.1, 0.15) is 11.9 Å². The quantitative estimate of drug-likeness (QED) is 0.610. The largest absolute Gasteiger partial charge is 0.386 e. The van der Waals surface area contributed by atoms with Crippen LogP contribution in [0, 0.1) is 5.82 Å². The van der Waals surface area contributed by atoms with Crippen molar-refractivity contribution < 1.29 is 9.50 Å². The summed E-state index contributed by atoms with van der Waals surface area (Å²) in [5, 5.41) is 14.1. The van der Waals surface area contributed by atoms with Crippen LogP contribution in [0.25, 0.3) is 0 Å². The lowest BCUT2D eigenvalue weighted by molar-refractivity contribution is 0.181. The Balaban J connectivity index is 2.09. The smallest absolute Gasteiger partial charge is 0.194 e. The summed E-state index contributed by atoms with van der Waals surface area (Å²) in [5.74, 6) is 0.206. The van der Waals surface area contributed by atoms with Gasteiger partial charge in [0.15, 0.2) is 5.96 Å². The van der Waals surface area contributed by atoms with Crippen LogP contribution < -0.4 is 5.32 Å². The molecule has 0 aliphatic carbocycles. The van der Waals surface area contributed by atoms with Crippen LogP contribution in [0.2, 0.25) is 5.02 Å². The predicted octanol–water partition coefficient (Wildman–Crippen LogP) is 2.95. The first-order chi connectivity index (χ1) is 11.9. The maximum atomic E-state index is 13.8. The first kappa shape index (κ1) is 19.3. The highest BCUT2D eigenvalue weighted by Crippen LogP contribution is 2.17. The van der Waals surface area contributed by atoms with Crippen molar-refractivity contribution >= 4 is 17.6 Å². The molecule has 0 amide bonds. The van der Waals surface area contributed by atoms with E-state index in [1.165, 1.54) is 6.07 Å². The summed E-state index contributed by atoms with van der Waals surface area (Å²) in [7, 11) is 3.83. The molecule has 25 heavy (non-hydrogen) atoms. The first-order valence-electron chi connectivity index (χ1n) is 8.15. The standard InChI is InChI=1S/C18H24ClFN4O/c1-4-21-18(24(3)12-14-9-13(19)11-23(14)2)22-10-17(25)15-7-5-6-8-16(15)20/h5-9,11,17,25H,4,10,12H2,1-3H3,(H,21,22). The number of nitrogens with one attached hydrogen (secondary N) is 1. The van der Waals surface area contributed by atoms with Crippen LogP contribution in [0.4, 0.5) is 4.39 Å². The maximum Gasteiger partial charge on any atom is 0.194 e. The van der Waals surface area contributed by atoms with Gasteiger partial charge < -0.3 is 19.9 Å². The molecule has 0 bridgehead atoms. The zero-order valence-corrected chi connectivity index (χ0v) is 15.5. The molecule has 0 aliphatic rings. The molecule has 0 spiro atoms. The van der Waals surface area contributed by atoms with Crippen molar-refractivity contribution in [3.05, 3.63) is 58.6 Å². The number of aromatic nitrogens is 1. The fraction of sp³-hybridized carbons (Fsp3) is 0.389. The van der Waals surface area contributed by atoms with Crippen LogP contribution in [0.5, 0.6) is 0 Å². The molecule has 5 nitrogen and oxygen atoms in total. The molecule has 1 aromatic carbocycles. The van der Waals surface area contributed by atoms with Crippen LogP contribution in [0.3, 0.4) is 0 Å².